The van der Waals surface area contributed by atoms with E-state index in [4.69, 9.17) is 0 Å². The molecular formula is C17H23N2+. The summed E-state index contributed by atoms with van der Waals surface area (Å²) in [5.41, 5.74) is 1.36. The number of aryl methyl sites for hydroxylation is 1. The molecule has 0 aliphatic heterocycles. The Balaban J connectivity index is 2.19. The lowest BCUT2D eigenvalue weighted by Crippen LogP contribution is -2.39. The first-order valence-electron chi connectivity index (χ1n) is 7.05. The van der Waals surface area contributed by atoms with Crippen LogP contribution < -0.4 is 9.47 Å². The second-order valence-corrected chi connectivity index (χ2v) is 4.93. The Bertz CT molecular complexity index is 494. The Morgan fingerprint density at radius 3 is 2.42 bits per heavy atom. The molecule has 0 saturated heterocycles. The van der Waals surface area contributed by atoms with Crippen LogP contribution in [0.15, 0.2) is 54.7 Å². The van der Waals surface area contributed by atoms with Gasteiger partial charge < -0.3 is 0 Å². The SMILES string of the molecule is CCCCN(Cc1ccccc1)c1cccc[n+]1C. The van der Waals surface area contributed by atoms with E-state index >= 15 is 0 Å². The molecule has 0 unspecified atom stereocenters. The van der Waals surface area contributed by atoms with Crippen LogP contribution in [0.5, 0.6) is 0 Å². The molecule has 0 spiro atoms. The van der Waals surface area contributed by atoms with Crippen molar-refractivity contribution in [3.05, 3.63) is 60.3 Å². The molecule has 0 aliphatic carbocycles. The fourth-order valence-electron chi connectivity index (χ4n) is 2.27. The van der Waals surface area contributed by atoms with Crippen molar-refractivity contribution in [2.75, 3.05) is 11.4 Å². The van der Waals surface area contributed by atoms with Crippen molar-refractivity contribution >= 4 is 5.82 Å². The Hall–Kier alpha value is -1.83. The average Bonchev–Trinajstić information content (AvgIpc) is 2.45. The van der Waals surface area contributed by atoms with Gasteiger partial charge in [-0.2, -0.15) is 0 Å². The van der Waals surface area contributed by atoms with Crippen LogP contribution in [0.4, 0.5) is 5.82 Å². The molecule has 2 rings (SSSR count). The van der Waals surface area contributed by atoms with Crippen molar-refractivity contribution in [2.24, 2.45) is 7.05 Å². The summed E-state index contributed by atoms with van der Waals surface area (Å²) in [5, 5.41) is 0. The Labute approximate surface area is 116 Å². The van der Waals surface area contributed by atoms with Gasteiger partial charge in [0.2, 0.25) is 0 Å². The second-order valence-electron chi connectivity index (χ2n) is 4.93. The maximum absolute atomic E-state index is 2.46. The summed E-state index contributed by atoms with van der Waals surface area (Å²) in [6.07, 6.45) is 4.56. The Morgan fingerprint density at radius 2 is 1.74 bits per heavy atom. The van der Waals surface area contributed by atoms with Gasteiger partial charge in [-0.15, -0.1) is 0 Å². The standard InChI is InChI=1S/C17H23N2/c1-3-4-14-19(15-16-10-6-5-7-11-16)17-12-8-9-13-18(17)2/h5-13H,3-4,14-15H2,1-2H3/q+1. The summed E-state index contributed by atoms with van der Waals surface area (Å²) in [6.45, 7) is 4.31. The molecule has 19 heavy (non-hydrogen) atoms. The summed E-state index contributed by atoms with van der Waals surface area (Å²) < 4.78 is 2.19. The van der Waals surface area contributed by atoms with E-state index in [1.54, 1.807) is 0 Å². The van der Waals surface area contributed by atoms with Gasteiger partial charge in [-0.25, -0.2) is 4.57 Å². The van der Waals surface area contributed by atoms with Crippen molar-refractivity contribution < 1.29 is 4.57 Å². The number of unbranched alkanes of at least 4 members (excludes halogenated alkanes) is 1. The fourth-order valence-corrected chi connectivity index (χ4v) is 2.27. The van der Waals surface area contributed by atoms with Gasteiger partial charge in [-0.05, 0) is 18.1 Å². The summed E-state index contributed by atoms with van der Waals surface area (Å²) >= 11 is 0. The zero-order valence-corrected chi connectivity index (χ0v) is 11.9. The van der Waals surface area contributed by atoms with Crippen LogP contribution >= 0.6 is 0 Å². The largest absolute Gasteiger partial charge is 0.276 e. The van der Waals surface area contributed by atoms with Crippen molar-refractivity contribution in [3.63, 3.8) is 0 Å². The number of aromatic nitrogens is 1. The Kier molecular flexibility index (Phi) is 4.96. The van der Waals surface area contributed by atoms with Crippen molar-refractivity contribution in [2.45, 2.75) is 26.3 Å². The molecule has 2 aromatic rings. The zero-order chi connectivity index (χ0) is 13.5. The van der Waals surface area contributed by atoms with Crippen molar-refractivity contribution in [3.8, 4) is 0 Å². The third-order valence-electron chi connectivity index (χ3n) is 3.35. The minimum atomic E-state index is 0.971. The molecule has 0 atom stereocenters. The minimum absolute atomic E-state index is 0.971. The maximum Gasteiger partial charge on any atom is 0.276 e. The smallest absolute Gasteiger partial charge is 0.257 e. The predicted octanol–water partition coefficient (Wildman–Crippen LogP) is 3.32. The molecule has 1 aromatic carbocycles. The highest BCUT2D eigenvalue weighted by Crippen LogP contribution is 2.13. The lowest BCUT2D eigenvalue weighted by molar-refractivity contribution is -0.659. The minimum Gasteiger partial charge on any atom is -0.257 e. The molecule has 0 N–H and O–H groups in total. The Morgan fingerprint density at radius 1 is 1.00 bits per heavy atom. The molecule has 0 bridgehead atoms. The van der Waals surface area contributed by atoms with Gasteiger partial charge in [0.15, 0.2) is 0 Å². The summed E-state index contributed by atoms with van der Waals surface area (Å²) in [5.74, 6) is 1.28. The van der Waals surface area contributed by atoms with E-state index in [0.717, 1.165) is 13.1 Å². The van der Waals surface area contributed by atoms with Gasteiger partial charge in [0.25, 0.3) is 5.82 Å². The first-order valence-corrected chi connectivity index (χ1v) is 7.05. The summed E-state index contributed by atoms with van der Waals surface area (Å²) in [4.78, 5) is 2.46. The molecular weight excluding hydrogens is 232 g/mol. The topological polar surface area (TPSA) is 7.12 Å². The molecule has 1 aromatic heterocycles. The maximum atomic E-state index is 2.46. The number of hydrogen-bond acceptors (Lipinski definition) is 1. The van der Waals surface area contributed by atoms with E-state index in [-0.39, 0.29) is 0 Å². The predicted molar refractivity (Wildman–Crippen MR) is 80.0 cm³/mol. The summed E-state index contributed by atoms with van der Waals surface area (Å²) in [7, 11) is 2.11. The highest BCUT2D eigenvalue weighted by Gasteiger charge is 2.16. The molecule has 0 saturated carbocycles. The normalized spacial score (nSPS) is 10.4. The highest BCUT2D eigenvalue weighted by molar-refractivity contribution is 5.34. The third kappa shape index (κ3) is 3.82. The van der Waals surface area contributed by atoms with Gasteiger partial charge in [0.05, 0.1) is 19.8 Å². The summed E-state index contributed by atoms with van der Waals surface area (Å²) in [6, 6.07) is 17.1. The van der Waals surface area contributed by atoms with Crippen LogP contribution in [0.25, 0.3) is 0 Å². The average molecular weight is 255 g/mol. The van der Waals surface area contributed by atoms with Crippen LogP contribution in [0, 0.1) is 0 Å². The number of anilines is 1. The van der Waals surface area contributed by atoms with Gasteiger partial charge >= 0.3 is 0 Å². The third-order valence-corrected chi connectivity index (χ3v) is 3.35. The lowest BCUT2D eigenvalue weighted by Gasteiger charge is -2.18. The van der Waals surface area contributed by atoms with E-state index < -0.39 is 0 Å². The van der Waals surface area contributed by atoms with E-state index in [0.29, 0.717) is 0 Å². The zero-order valence-electron chi connectivity index (χ0n) is 11.9. The molecule has 1 heterocycles. The van der Waals surface area contributed by atoms with Crippen molar-refractivity contribution in [1.82, 2.24) is 0 Å². The fraction of sp³-hybridized carbons (Fsp3) is 0.353. The van der Waals surface area contributed by atoms with Gasteiger partial charge in [0.1, 0.15) is 6.54 Å². The molecule has 2 heteroatoms. The van der Waals surface area contributed by atoms with E-state index in [1.807, 2.05) is 0 Å². The second kappa shape index (κ2) is 6.93. The molecule has 2 nitrogen and oxygen atoms in total. The van der Waals surface area contributed by atoms with E-state index in [9.17, 15) is 0 Å². The van der Waals surface area contributed by atoms with Crippen LogP contribution in [0.2, 0.25) is 0 Å². The molecule has 0 amide bonds. The number of benzene rings is 1. The monoisotopic (exact) mass is 255 g/mol. The van der Waals surface area contributed by atoms with Crippen LogP contribution in [0.1, 0.15) is 25.3 Å². The van der Waals surface area contributed by atoms with Crippen LogP contribution in [-0.4, -0.2) is 6.54 Å². The van der Waals surface area contributed by atoms with Gasteiger partial charge in [-0.1, -0.05) is 49.7 Å². The number of rotatable bonds is 6. The lowest BCUT2D eigenvalue weighted by atomic mass is 10.2. The molecule has 100 valence electrons. The van der Waals surface area contributed by atoms with Crippen LogP contribution in [-0.2, 0) is 13.6 Å². The quantitative estimate of drug-likeness (QED) is 0.718. The first kappa shape index (κ1) is 13.6. The van der Waals surface area contributed by atoms with Gasteiger partial charge in [-0.3, -0.25) is 4.90 Å². The first-order chi connectivity index (χ1) is 9.31. The number of pyridine rings is 1. The van der Waals surface area contributed by atoms with Crippen molar-refractivity contribution in [1.29, 1.82) is 0 Å². The molecule has 0 aliphatic rings. The van der Waals surface area contributed by atoms with E-state index in [1.165, 1.54) is 24.2 Å². The number of hydrogen-bond donors (Lipinski definition) is 0. The molecule has 0 radical (unpaired) electrons. The molecule has 0 fully saturated rings. The van der Waals surface area contributed by atoms with Gasteiger partial charge in [0, 0.05) is 6.07 Å². The van der Waals surface area contributed by atoms with E-state index in [2.05, 4.69) is 78.2 Å². The van der Waals surface area contributed by atoms with Crippen LogP contribution in [0.3, 0.4) is 0 Å². The number of nitrogens with zero attached hydrogens (tertiary/aromatic N) is 2. The highest BCUT2D eigenvalue weighted by atomic mass is 15.2.